The quantitative estimate of drug-likeness (QED) is 0.502. The summed E-state index contributed by atoms with van der Waals surface area (Å²) in [6.07, 6.45) is 4.86. The molecule has 2 heterocycles. The van der Waals surface area contributed by atoms with E-state index in [1.165, 1.54) is 31.9 Å². The number of hydrogen-bond acceptors (Lipinski definition) is 5. The van der Waals surface area contributed by atoms with Crippen molar-refractivity contribution in [3.8, 4) is 0 Å². The molecular formula is C14H20N4O2. The molecule has 2 unspecified atom stereocenters. The fourth-order valence-corrected chi connectivity index (χ4v) is 3.45. The summed E-state index contributed by atoms with van der Waals surface area (Å²) in [4.78, 5) is 13.0. The number of piperidine rings is 1. The highest BCUT2D eigenvalue weighted by molar-refractivity contribution is 5.62. The Kier molecular flexibility index (Phi) is 3.48. The van der Waals surface area contributed by atoms with E-state index in [0.29, 0.717) is 17.8 Å². The zero-order chi connectivity index (χ0) is 14.1. The second-order valence-electron chi connectivity index (χ2n) is 5.71. The molecule has 2 saturated heterocycles. The van der Waals surface area contributed by atoms with E-state index in [0.717, 1.165) is 18.7 Å². The summed E-state index contributed by atoms with van der Waals surface area (Å²) in [6, 6.07) is 5.67. The van der Waals surface area contributed by atoms with Crippen LogP contribution in [0.4, 0.5) is 17.1 Å². The van der Waals surface area contributed by atoms with Gasteiger partial charge in [0.1, 0.15) is 0 Å². The second kappa shape index (κ2) is 5.28. The molecule has 0 aromatic heterocycles. The van der Waals surface area contributed by atoms with E-state index in [9.17, 15) is 10.1 Å². The van der Waals surface area contributed by atoms with Crippen LogP contribution in [0.25, 0.3) is 0 Å². The van der Waals surface area contributed by atoms with Crippen LogP contribution < -0.4 is 11.1 Å². The van der Waals surface area contributed by atoms with Gasteiger partial charge in [0.15, 0.2) is 0 Å². The lowest BCUT2D eigenvalue weighted by Gasteiger charge is -2.32. The van der Waals surface area contributed by atoms with Crippen LogP contribution in [0.1, 0.15) is 25.7 Å². The molecule has 0 saturated carbocycles. The molecule has 3 N–H and O–H groups in total. The summed E-state index contributed by atoms with van der Waals surface area (Å²) in [6.45, 7) is 2.30. The van der Waals surface area contributed by atoms with Crippen molar-refractivity contribution in [3.05, 3.63) is 28.3 Å². The minimum Gasteiger partial charge on any atom is -0.398 e. The molecule has 20 heavy (non-hydrogen) atoms. The van der Waals surface area contributed by atoms with Crippen LogP contribution in [0.3, 0.4) is 0 Å². The molecule has 108 valence electrons. The Hall–Kier alpha value is -1.82. The molecule has 0 radical (unpaired) electrons. The minimum atomic E-state index is -0.400. The molecule has 0 aliphatic carbocycles. The highest BCUT2D eigenvalue weighted by Crippen LogP contribution is 2.31. The van der Waals surface area contributed by atoms with Gasteiger partial charge >= 0.3 is 0 Å². The minimum absolute atomic E-state index is 0.0472. The molecule has 2 atom stereocenters. The van der Waals surface area contributed by atoms with Crippen LogP contribution in [-0.4, -0.2) is 35.0 Å². The van der Waals surface area contributed by atoms with Crippen molar-refractivity contribution in [2.24, 2.45) is 0 Å². The van der Waals surface area contributed by atoms with Gasteiger partial charge in [-0.25, -0.2) is 0 Å². The van der Waals surface area contributed by atoms with Crippen LogP contribution in [0.15, 0.2) is 18.2 Å². The van der Waals surface area contributed by atoms with Gasteiger partial charge in [0.2, 0.25) is 0 Å². The lowest BCUT2D eigenvalue weighted by molar-refractivity contribution is -0.384. The molecule has 0 bridgehead atoms. The van der Waals surface area contributed by atoms with Crippen molar-refractivity contribution in [2.45, 2.75) is 37.8 Å². The molecule has 2 aliphatic rings. The van der Waals surface area contributed by atoms with Gasteiger partial charge in [-0.2, -0.15) is 0 Å². The van der Waals surface area contributed by atoms with E-state index in [1.807, 2.05) is 0 Å². The van der Waals surface area contributed by atoms with Gasteiger partial charge in [-0.05, 0) is 31.9 Å². The van der Waals surface area contributed by atoms with E-state index in [-0.39, 0.29) is 5.69 Å². The van der Waals surface area contributed by atoms with E-state index in [2.05, 4.69) is 10.2 Å². The third kappa shape index (κ3) is 2.56. The molecule has 6 nitrogen and oxygen atoms in total. The molecule has 1 aromatic carbocycles. The summed E-state index contributed by atoms with van der Waals surface area (Å²) < 4.78 is 0. The second-order valence-corrected chi connectivity index (χ2v) is 5.71. The monoisotopic (exact) mass is 276 g/mol. The van der Waals surface area contributed by atoms with Crippen LogP contribution in [0.2, 0.25) is 0 Å². The Bertz CT molecular complexity index is 520. The number of non-ortho nitro benzene ring substituents is 1. The van der Waals surface area contributed by atoms with Crippen molar-refractivity contribution in [3.63, 3.8) is 0 Å². The maximum atomic E-state index is 10.9. The van der Waals surface area contributed by atoms with E-state index in [4.69, 9.17) is 5.73 Å². The first-order valence-electron chi connectivity index (χ1n) is 7.19. The number of nitrogens with two attached hydrogens (primary N) is 1. The maximum Gasteiger partial charge on any atom is 0.273 e. The Morgan fingerprint density at radius 1 is 1.25 bits per heavy atom. The number of nitro groups is 1. The third-order valence-corrected chi connectivity index (χ3v) is 4.36. The highest BCUT2D eigenvalue weighted by Gasteiger charge is 2.35. The Balaban J connectivity index is 1.76. The fraction of sp³-hybridized carbons (Fsp3) is 0.571. The zero-order valence-electron chi connectivity index (χ0n) is 11.4. The SMILES string of the molecule is Nc1cc(NC2CCN3CCCCC23)cc([N+](=O)[O-])c1. The molecule has 0 spiro atoms. The normalized spacial score (nSPS) is 26.2. The zero-order valence-corrected chi connectivity index (χ0v) is 11.4. The largest absolute Gasteiger partial charge is 0.398 e. The molecule has 6 heteroatoms. The Morgan fingerprint density at radius 2 is 2.10 bits per heavy atom. The number of fused-ring (bicyclic) bond motifs is 1. The fourth-order valence-electron chi connectivity index (χ4n) is 3.45. The predicted molar refractivity (Wildman–Crippen MR) is 78.7 cm³/mol. The number of nitrogen functional groups attached to an aromatic ring is 1. The van der Waals surface area contributed by atoms with Crippen LogP contribution in [0, 0.1) is 10.1 Å². The maximum absolute atomic E-state index is 10.9. The summed E-state index contributed by atoms with van der Waals surface area (Å²) in [7, 11) is 0. The van der Waals surface area contributed by atoms with E-state index in [1.54, 1.807) is 12.1 Å². The van der Waals surface area contributed by atoms with Crippen molar-refractivity contribution < 1.29 is 4.92 Å². The Labute approximate surface area is 118 Å². The van der Waals surface area contributed by atoms with E-state index >= 15 is 0 Å². The van der Waals surface area contributed by atoms with Gasteiger partial charge in [0.25, 0.3) is 5.69 Å². The van der Waals surface area contributed by atoms with Crippen LogP contribution in [0.5, 0.6) is 0 Å². The lowest BCUT2D eigenvalue weighted by Crippen LogP contribution is -2.41. The van der Waals surface area contributed by atoms with Crippen molar-refractivity contribution in [2.75, 3.05) is 24.1 Å². The predicted octanol–water partition coefficient (Wildman–Crippen LogP) is 2.22. The Morgan fingerprint density at radius 3 is 2.90 bits per heavy atom. The number of nitro benzene ring substituents is 1. The molecule has 2 fully saturated rings. The van der Waals surface area contributed by atoms with Crippen LogP contribution in [-0.2, 0) is 0 Å². The summed E-state index contributed by atoms with van der Waals surface area (Å²) in [5.41, 5.74) is 6.98. The summed E-state index contributed by atoms with van der Waals surface area (Å²) in [5, 5.41) is 14.3. The van der Waals surface area contributed by atoms with Gasteiger partial charge in [0, 0.05) is 42.1 Å². The molecule has 2 aliphatic heterocycles. The van der Waals surface area contributed by atoms with Crippen molar-refractivity contribution in [1.29, 1.82) is 0 Å². The van der Waals surface area contributed by atoms with Gasteiger partial charge < -0.3 is 11.1 Å². The average molecular weight is 276 g/mol. The van der Waals surface area contributed by atoms with Gasteiger partial charge in [-0.1, -0.05) is 6.42 Å². The van der Waals surface area contributed by atoms with E-state index < -0.39 is 4.92 Å². The number of nitrogens with zero attached hydrogens (tertiary/aromatic N) is 2. The number of anilines is 2. The molecule has 0 amide bonds. The molecular weight excluding hydrogens is 256 g/mol. The first-order chi connectivity index (χ1) is 9.63. The standard InChI is InChI=1S/C14H20N4O2/c15-10-7-11(9-12(8-10)18(19)20)16-13-4-6-17-5-2-1-3-14(13)17/h7-9,13-14,16H,1-6,15H2. The topological polar surface area (TPSA) is 84.4 Å². The van der Waals surface area contributed by atoms with Crippen molar-refractivity contribution in [1.82, 2.24) is 4.90 Å². The average Bonchev–Trinajstić information content (AvgIpc) is 2.82. The number of benzene rings is 1. The number of nitrogens with one attached hydrogen (secondary N) is 1. The molecule has 1 aromatic rings. The van der Waals surface area contributed by atoms with Gasteiger partial charge in [-0.3, -0.25) is 15.0 Å². The smallest absolute Gasteiger partial charge is 0.273 e. The third-order valence-electron chi connectivity index (χ3n) is 4.36. The van der Waals surface area contributed by atoms with Crippen LogP contribution >= 0.6 is 0 Å². The van der Waals surface area contributed by atoms with Crippen molar-refractivity contribution >= 4 is 17.1 Å². The van der Waals surface area contributed by atoms with Gasteiger partial charge in [0.05, 0.1) is 4.92 Å². The first-order valence-corrected chi connectivity index (χ1v) is 7.19. The number of hydrogen-bond donors (Lipinski definition) is 2. The molecule has 3 rings (SSSR count). The lowest BCUT2D eigenvalue weighted by atomic mass is 9.99. The first kappa shape index (κ1) is 13.2. The number of rotatable bonds is 3. The summed E-state index contributed by atoms with van der Waals surface area (Å²) in [5.74, 6) is 0. The van der Waals surface area contributed by atoms with Gasteiger partial charge in [-0.15, -0.1) is 0 Å². The summed E-state index contributed by atoms with van der Waals surface area (Å²) >= 11 is 0. The highest BCUT2D eigenvalue weighted by atomic mass is 16.6.